The monoisotopic (exact) mass is 698 g/mol. The van der Waals surface area contributed by atoms with Crippen molar-refractivity contribution in [3.8, 4) is 0 Å². The third-order valence-corrected chi connectivity index (χ3v) is 10.8. The van der Waals surface area contributed by atoms with E-state index in [-0.39, 0.29) is 37.9 Å². The van der Waals surface area contributed by atoms with Gasteiger partial charge in [0.15, 0.2) is 0 Å². The van der Waals surface area contributed by atoms with Crippen LogP contribution in [-0.4, -0.2) is 126 Å². The summed E-state index contributed by atoms with van der Waals surface area (Å²) in [4.78, 5) is 62.5. The van der Waals surface area contributed by atoms with Crippen molar-refractivity contribution in [2.75, 3.05) is 59.1 Å². The fourth-order valence-corrected chi connectivity index (χ4v) is 8.18. The quantitative estimate of drug-likeness (QED) is 0.312. The highest BCUT2D eigenvalue weighted by atomic mass is 16.6. The molecule has 0 aliphatic carbocycles. The molecule has 2 N–H and O–H groups in total. The third-order valence-electron chi connectivity index (χ3n) is 10.8. The normalized spacial score (nSPS) is 31.4. The van der Waals surface area contributed by atoms with Gasteiger partial charge in [0, 0.05) is 39.1 Å². The summed E-state index contributed by atoms with van der Waals surface area (Å²) in [7, 11) is 0. The van der Waals surface area contributed by atoms with Crippen LogP contribution in [0.5, 0.6) is 0 Å². The first-order chi connectivity index (χ1) is 24.9. The van der Waals surface area contributed by atoms with Crippen molar-refractivity contribution in [1.82, 2.24) is 20.0 Å². The van der Waals surface area contributed by atoms with E-state index < -0.39 is 53.6 Å². The molecule has 0 saturated carbocycles. The zero-order chi connectivity index (χ0) is 35.4. The summed E-state index contributed by atoms with van der Waals surface area (Å²) >= 11 is 0. The predicted molar refractivity (Wildman–Crippen MR) is 186 cm³/mol. The molecule has 3 amide bonds. The van der Waals surface area contributed by atoms with Crippen LogP contribution in [0.1, 0.15) is 30.1 Å². The Morgan fingerprint density at radius 3 is 2.41 bits per heavy atom. The predicted octanol–water partition coefficient (Wildman–Crippen LogP) is 1.65. The largest absolute Gasteiger partial charge is 0.455 e. The molecule has 5 bridgehead atoms. The lowest BCUT2D eigenvalue weighted by Gasteiger charge is -2.39. The molecule has 12 heteroatoms. The van der Waals surface area contributed by atoms with Crippen molar-refractivity contribution in [1.29, 1.82) is 0 Å². The van der Waals surface area contributed by atoms with Crippen LogP contribution in [0.4, 0.5) is 0 Å². The molecule has 0 unspecified atom stereocenters. The van der Waals surface area contributed by atoms with Gasteiger partial charge in [-0.1, -0.05) is 85.0 Å². The van der Waals surface area contributed by atoms with Crippen LogP contribution in [0.2, 0.25) is 0 Å². The van der Waals surface area contributed by atoms with Crippen LogP contribution in [0, 0.1) is 11.8 Å². The molecule has 3 saturated heterocycles. The maximum Gasteiger partial charge on any atom is 0.313 e. The number of fused-ring (bicyclic) bond motifs is 2. The number of morpholine rings is 1. The Balaban J connectivity index is 1.27. The number of esters is 1. The van der Waals surface area contributed by atoms with Gasteiger partial charge in [-0.25, -0.2) is 0 Å². The van der Waals surface area contributed by atoms with E-state index in [9.17, 15) is 19.5 Å². The SMILES string of the molecule is O=C1CC/C=C\CN(CCN2CCOCC2)C(=O)[C@@H]2N([C@@H](CO)Cc3ccccc3)C(=O)[C@H]3[C@H](C(=O)O[C@H](c4ccccc4)CN1)[C@@H]1C=C[C@]23O1. The first kappa shape index (κ1) is 35.1. The summed E-state index contributed by atoms with van der Waals surface area (Å²) < 4.78 is 18.3. The number of carbonyl (C=O) groups excluding carboxylic acids is 4. The van der Waals surface area contributed by atoms with Crippen LogP contribution in [0.25, 0.3) is 0 Å². The summed E-state index contributed by atoms with van der Waals surface area (Å²) in [5, 5.41) is 13.8. The van der Waals surface area contributed by atoms with E-state index in [0.717, 1.165) is 18.7 Å². The van der Waals surface area contributed by atoms with Gasteiger partial charge in [-0.05, 0) is 24.0 Å². The van der Waals surface area contributed by atoms with Gasteiger partial charge in [0.2, 0.25) is 17.7 Å². The number of ether oxygens (including phenoxy) is 3. The maximum atomic E-state index is 15.1. The molecule has 7 atom stereocenters. The van der Waals surface area contributed by atoms with Gasteiger partial charge < -0.3 is 34.4 Å². The highest BCUT2D eigenvalue weighted by Crippen LogP contribution is 2.56. The Morgan fingerprint density at radius 1 is 0.922 bits per heavy atom. The number of hydrogen-bond acceptors (Lipinski definition) is 9. The van der Waals surface area contributed by atoms with E-state index in [0.29, 0.717) is 44.7 Å². The molecule has 7 rings (SSSR count). The van der Waals surface area contributed by atoms with E-state index in [2.05, 4.69) is 10.2 Å². The van der Waals surface area contributed by atoms with Gasteiger partial charge in [-0.15, -0.1) is 0 Å². The van der Waals surface area contributed by atoms with Crippen LogP contribution < -0.4 is 5.32 Å². The van der Waals surface area contributed by atoms with Crippen molar-refractivity contribution in [3.63, 3.8) is 0 Å². The summed E-state index contributed by atoms with van der Waals surface area (Å²) in [5.74, 6) is -3.65. The molecule has 0 aromatic heterocycles. The molecule has 51 heavy (non-hydrogen) atoms. The smallest absolute Gasteiger partial charge is 0.313 e. The molecule has 2 aromatic carbocycles. The van der Waals surface area contributed by atoms with Crippen molar-refractivity contribution >= 4 is 23.7 Å². The molecule has 5 heterocycles. The minimum Gasteiger partial charge on any atom is -0.455 e. The minimum atomic E-state index is -1.43. The van der Waals surface area contributed by atoms with Gasteiger partial charge in [0.25, 0.3) is 0 Å². The van der Waals surface area contributed by atoms with Gasteiger partial charge in [0.05, 0.1) is 44.4 Å². The van der Waals surface area contributed by atoms with E-state index in [4.69, 9.17) is 14.2 Å². The number of nitrogens with zero attached hydrogens (tertiary/aromatic N) is 3. The van der Waals surface area contributed by atoms with Gasteiger partial charge in [-0.2, -0.15) is 0 Å². The number of cyclic esters (lactones) is 1. The standard InChI is InChI=1S/C39H46N4O8/c44-26-29(24-27-10-4-1-5-11-27)43-35-37(47)42(19-18-41-20-22-49-23-21-41)17-9-3-8-14-32(45)40-25-31(28-12-6-2-7-13-28)50-38(48)33-30-15-16-39(35,51-30)34(33)36(43)46/h1-7,9-13,15-16,29-31,33-35,44H,8,14,17-26H2,(H,40,45)/b9-3-/t29-,30+,31+,33-,34-,35+,39-/m1/s1. The number of allylic oxidation sites excluding steroid dienone is 1. The Hall–Kier alpha value is -4.36. The van der Waals surface area contributed by atoms with Gasteiger partial charge in [0.1, 0.15) is 23.7 Å². The van der Waals surface area contributed by atoms with Crippen molar-refractivity contribution in [2.45, 2.75) is 49.2 Å². The van der Waals surface area contributed by atoms with Crippen LogP contribution in [0.15, 0.2) is 85.0 Å². The second-order valence-electron chi connectivity index (χ2n) is 13.9. The van der Waals surface area contributed by atoms with E-state index in [1.807, 2.05) is 72.8 Å². The van der Waals surface area contributed by atoms with Gasteiger partial charge in [-0.3, -0.25) is 24.1 Å². The fourth-order valence-electron chi connectivity index (χ4n) is 8.18. The summed E-state index contributed by atoms with van der Waals surface area (Å²) in [5.41, 5.74) is 0.166. The first-order valence-electron chi connectivity index (χ1n) is 18.0. The second-order valence-corrected chi connectivity index (χ2v) is 13.9. The van der Waals surface area contributed by atoms with Crippen molar-refractivity contribution < 1.29 is 38.5 Å². The third kappa shape index (κ3) is 7.10. The lowest BCUT2D eigenvalue weighted by Crippen LogP contribution is -2.59. The highest BCUT2D eigenvalue weighted by molar-refractivity contribution is 5.99. The van der Waals surface area contributed by atoms with E-state index in [1.54, 1.807) is 17.1 Å². The molecular formula is C39H46N4O8. The van der Waals surface area contributed by atoms with Crippen molar-refractivity contribution in [3.05, 3.63) is 96.1 Å². The summed E-state index contributed by atoms with van der Waals surface area (Å²) in [6, 6.07) is 16.8. The number of aliphatic hydroxyl groups excluding tert-OH is 1. The second kappa shape index (κ2) is 15.5. The minimum absolute atomic E-state index is 0.0579. The molecule has 3 fully saturated rings. The molecule has 2 aromatic rings. The summed E-state index contributed by atoms with van der Waals surface area (Å²) in [6.07, 6.45) is 6.71. The fraction of sp³-hybridized carbons (Fsp3) is 0.487. The zero-order valence-electron chi connectivity index (χ0n) is 28.7. The Kier molecular flexibility index (Phi) is 10.6. The van der Waals surface area contributed by atoms with Crippen LogP contribution >= 0.6 is 0 Å². The molecule has 1 spiro atoms. The lowest BCUT2D eigenvalue weighted by atomic mass is 9.74. The number of carbonyl (C=O) groups is 4. The highest BCUT2D eigenvalue weighted by Gasteiger charge is 2.74. The molecule has 5 aliphatic heterocycles. The van der Waals surface area contributed by atoms with Crippen molar-refractivity contribution in [2.24, 2.45) is 11.8 Å². The van der Waals surface area contributed by atoms with Crippen LogP contribution in [-0.2, 0) is 39.8 Å². The Morgan fingerprint density at radius 2 is 1.67 bits per heavy atom. The molecule has 12 nitrogen and oxygen atoms in total. The topological polar surface area (TPSA) is 138 Å². The van der Waals surface area contributed by atoms with Gasteiger partial charge >= 0.3 is 5.97 Å². The molecular weight excluding hydrogens is 652 g/mol. The maximum absolute atomic E-state index is 15.1. The number of amides is 3. The molecule has 5 aliphatic rings. The Labute approximate surface area is 298 Å². The zero-order valence-corrected chi connectivity index (χ0v) is 28.7. The van der Waals surface area contributed by atoms with E-state index in [1.165, 1.54) is 4.90 Å². The number of likely N-dealkylation sites (tertiary alicyclic amines) is 1. The number of nitrogens with one attached hydrogen (secondary N) is 1. The Bertz CT molecular complexity index is 1630. The average molecular weight is 699 g/mol. The number of hydrogen-bond donors (Lipinski definition) is 2. The van der Waals surface area contributed by atoms with Crippen LogP contribution in [0.3, 0.4) is 0 Å². The first-order valence-corrected chi connectivity index (χ1v) is 18.0. The summed E-state index contributed by atoms with van der Waals surface area (Å²) in [6.45, 7) is 3.63. The van der Waals surface area contributed by atoms with E-state index >= 15 is 4.79 Å². The average Bonchev–Trinajstić information content (AvgIpc) is 3.81. The number of aliphatic hydroxyl groups is 1. The molecule has 0 radical (unpaired) electrons. The lowest BCUT2D eigenvalue weighted by molar-refractivity contribution is -0.160. The number of benzene rings is 2. The number of rotatable bonds is 8. The molecule has 270 valence electrons.